The molecule has 4 atom stereocenters. The van der Waals surface area contributed by atoms with Crippen molar-refractivity contribution < 1.29 is 14.3 Å². The van der Waals surface area contributed by atoms with Crippen LogP contribution in [-0.4, -0.2) is 73.2 Å². The van der Waals surface area contributed by atoms with E-state index < -0.39 is 5.63 Å². The van der Waals surface area contributed by atoms with E-state index in [1.807, 2.05) is 27.1 Å². The number of aliphatic hydroxyl groups is 1. The molecule has 9 heteroatoms. The van der Waals surface area contributed by atoms with Crippen LogP contribution < -0.4 is 10.9 Å². The van der Waals surface area contributed by atoms with Gasteiger partial charge in [-0.2, -0.15) is 0 Å². The zero-order valence-electron chi connectivity index (χ0n) is 18.5. The largest absolute Gasteiger partial charge is 0.427 e. The van der Waals surface area contributed by atoms with Crippen molar-refractivity contribution in [1.29, 1.82) is 0 Å². The van der Waals surface area contributed by atoms with E-state index in [9.17, 15) is 14.7 Å². The standard InChI is InChI=1S/C22H33N3O4.2ClH/c1-13-8-19(14-4-6-23-7-5-14)29-22(28)20(13)21(27)25-11-15-9-17(24(2)3)18(26)10-16(15)12-25;;/h8,14-18,23,26H,4-7,9-12H2,1-3H3;2*1H/t15-,16+,17-,18-;;/m1../s1. The molecule has 7 nitrogen and oxygen atoms in total. The first-order valence-corrected chi connectivity index (χ1v) is 10.8. The van der Waals surface area contributed by atoms with Gasteiger partial charge in [-0.3, -0.25) is 4.79 Å². The van der Waals surface area contributed by atoms with Crippen LogP contribution in [-0.2, 0) is 0 Å². The van der Waals surface area contributed by atoms with Crippen molar-refractivity contribution in [2.24, 2.45) is 11.8 Å². The maximum Gasteiger partial charge on any atom is 0.349 e. The van der Waals surface area contributed by atoms with Gasteiger partial charge in [0.05, 0.1) is 6.10 Å². The number of aryl methyl sites for hydroxylation is 1. The van der Waals surface area contributed by atoms with Crippen molar-refractivity contribution in [2.75, 3.05) is 40.3 Å². The van der Waals surface area contributed by atoms with E-state index in [2.05, 4.69) is 10.2 Å². The first-order chi connectivity index (χ1) is 13.8. The third-order valence-electron chi connectivity index (χ3n) is 7.18. The van der Waals surface area contributed by atoms with E-state index in [4.69, 9.17) is 4.42 Å². The Hall–Kier alpha value is -1.12. The molecule has 1 aromatic rings. The molecule has 176 valence electrons. The molecule has 2 saturated heterocycles. The third kappa shape index (κ3) is 5.28. The average Bonchev–Trinajstić information content (AvgIpc) is 3.10. The van der Waals surface area contributed by atoms with Crippen LogP contribution in [0, 0.1) is 18.8 Å². The van der Waals surface area contributed by atoms with Crippen molar-refractivity contribution in [3.8, 4) is 0 Å². The SMILES string of the molecule is Cc1cc(C2CCNCC2)oc(=O)c1C(=O)N1C[C@H]2C[C@@H](N(C)C)[C@H](O)C[C@H]2C1.Cl.Cl. The lowest BCUT2D eigenvalue weighted by Gasteiger charge is -2.38. The van der Waals surface area contributed by atoms with Gasteiger partial charge in [0.1, 0.15) is 11.3 Å². The molecule has 1 aliphatic carbocycles. The molecule has 1 aromatic heterocycles. The van der Waals surface area contributed by atoms with E-state index in [1.54, 1.807) is 4.90 Å². The molecule has 3 fully saturated rings. The number of halogens is 2. The molecule has 0 spiro atoms. The number of amides is 1. The summed E-state index contributed by atoms with van der Waals surface area (Å²) in [5, 5.41) is 13.8. The predicted molar refractivity (Wildman–Crippen MR) is 125 cm³/mol. The summed E-state index contributed by atoms with van der Waals surface area (Å²) in [5.74, 6) is 1.39. The van der Waals surface area contributed by atoms with Crippen molar-refractivity contribution in [3.05, 3.63) is 33.4 Å². The van der Waals surface area contributed by atoms with Gasteiger partial charge in [-0.05, 0) is 83.3 Å². The van der Waals surface area contributed by atoms with Gasteiger partial charge in [-0.1, -0.05) is 0 Å². The number of carbonyl (C=O) groups is 1. The summed E-state index contributed by atoms with van der Waals surface area (Å²) in [6, 6.07) is 2.02. The maximum absolute atomic E-state index is 13.2. The van der Waals surface area contributed by atoms with E-state index in [1.165, 1.54) is 0 Å². The van der Waals surface area contributed by atoms with Gasteiger partial charge in [-0.25, -0.2) is 4.79 Å². The second-order valence-corrected chi connectivity index (χ2v) is 9.32. The Morgan fingerprint density at radius 3 is 2.35 bits per heavy atom. The Bertz CT molecular complexity index is 825. The Balaban J connectivity index is 0.00000171. The first-order valence-electron chi connectivity index (χ1n) is 10.8. The molecule has 0 aromatic carbocycles. The molecular formula is C22H35Cl2N3O4. The molecule has 0 bridgehead atoms. The number of rotatable bonds is 3. The fraction of sp³-hybridized carbons (Fsp3) is 0.727. The molecule has 3 heterocycles. The number of fused-ring (bicyclic) bond motifs is 1. The average molecular weight is 476 g/mol. The zero-order valence-corrected chi connectivity index (χ0v) is 20.1. The minimum Gasteiger partial charge on any atom is -0.427 e. The fourth-order valence-corrected chi connectivity index (χ4v) is 5.48. The molecule has 1 saturated carbocycles. The summed E-state index contributed by atoms with van der Waals surface area (Å²) in [4.78, 5) is 29.8. The summed E-state index contributed by atoms with van der Waals surface area (Å²) in [6.07, 6.45) is 3.11. The number of piperidine rings is 1. The van der Waals surface area contributed by atoms with Gasteiger partial charge in [-0.15, -0.1) is 24.8 Å². The molecule has 3 aliphatic rings. The Kier molecular flexibility index (Phi) is 8.99. The molecule has 4 rings (SSSR count). The Morgan fingerprint density at radius 1 is 1.16 bits per heavy atom. The Labute approximate surface area is 196 Å². The first kappa shape index (κ1) is 26.1. The van der Waals surface area contributed by atoms with Gasteiger partial charge in [0.2, 0.25) is 0 Å². The lowest BCUT2D eigenvalue weighted by Crippen LogP contribution is -2.46. The summed E-state index contributed by atoms with van der Waals surface area (Å²) < 4.78 is 5.62. The second kappa shape index (κ2) is 10.7. The van der Waals surface area contributed by atoms with Crippen LogP contribution in [0.25, 0.3) is 0 Å². The molecule has 0 unspecified atom stereocenters. The van der Waals surface area contributed by atoms with Crippen LogP contribution in [0.3, 0.4) is 0 Å². The number of hydrogen-bond donors (Lipinski definition) is 2. The van der Waals surface area contributed by atoms with Crippen molar-refractivity contribution in [3.63, 3.8) is 0 Å². The van der Waals surface area contributed by atoms with Crippen LogP contribution >= 0.6 is 24.8 Å². The van der Waals surface area contributed by atoms with Crippen LogP contribution in [0.5, 0.6) is 0 Å². The molecular weight excluding hydrogens is 441 g/mol. The van der Waals surface area contributed by atoms with Crippen LogP contribution in [0.4, 0.5) is 0 Å². The minimum atomic E-state index is -0.510. The highest BCUT2D eigenvalue weighted by atomic mass is 35.5. The number of likely N-dealkylation sites (tertiary alicyclic amines) is 1. The van der Waals surface area contributed by atoms with E-state index in [-0.39, 0.29) is 54.3 Å². The van der Waals surface area contributed by atoms with E-state index in [0.29, 0.717) is 42.7 Å². The smallest absolute Gasteiger partial charge is 0.349 e. The molecule has 2 aliphatic heterocycles. The zero-order chi connectivity index (χ0) is 20.7. The van der Waals surface area contributed by atoms with Gasteiger partial charge in [0.15, 0.2) is 0 Å². The van der Waals surface area contributed by atoms with Gasteiger partial charge in [0.25, 0.3) is 5.91 Å². The van der Waals surface area contributed by atoms with E-state index >= 15 is 0 Å². The lowest BCUT2D eigenvalue weighted by molar-refractivity contribution is 0.00940. The molecule has 0 radical (unpaired) electrons. The van der Waals surface area contributed by atoms with Gasteiger partial charge >= 0.3 is 5.63 Å². The number of nitrogens with zero attached hydrogens (tertiary/aromatic N) is 2. The lowest BCUT2D eigenvalue weighted by atomic mass is 9.77. The molecule has 31 heavy (non-hydrogen) atoms. The van der Waals surface area contributed by atoms with Crippen LogP contribution in [0.15, 0.2) is 15.3 Å². The molecule has 2 N–H and O–H groups in total. The normalized spacial score (nSPS) is 28.6. The quantitative estimate of drug-likeness (QED) is 0.695. The highest BCUT2D eigenvalue weighted by Gasteiger charge is 2.44. The number of hydrogen-bond acceptors (Lipinski definition) is 6. The highest BCUT2D eigenvalue weighted by molar-refractivity contribution is 5.95. The second-order valence-electron chi connectivity index (χ2n) is 9.32. The topological polar surface area (TPSA) is 86.0 Å². The van der Waals surface area contributed by atoms with E-state index in [0.717, 1.165) is 32.4 Å². The van der Waals surface area contributed by atoms with Crippen LogP contribution in [0.2, 0.25) is 0 Å². The monoisotopic (exact) mass is 475 g/mol. The number of carbonyl (C=O) groups excluding carboxylic acids is 1. The third-order valence-corrected chi connectivity index (χ3v) is 7.18. The number of likely N-dealkylation sites (N-methyl/N-ethyl adjacent to an activating group) is 1. The number of aliphatic hydroxyl groups excluding tert-OH is 1. The van der Waals surface area contributed by atoms with Gasteiger partial charge in [0, 0.05) is 25.0 Å². The Morgan fingerprint density at radius 2 is 1.77 bits per heavy atom. The minimum absolute atomic E-state index is 0. The summed E-state index contributed by atoms with van der Waals surface area (Å²) in [7, 11) is 3.98. The maximum atomic E-state index is 13.2. The fourth-order valence-electron chi connectivity index (χ4n) is 5.48. The summed E-state index contributed by atoms with van der Waals surface area (Å²) >= 11 is 0. The summed E-state index contributed by atoms with van der Waals surface area (Å²) in [5.41, 5.74) is 0.372. The van der Waals surface area contributed by atoms with Crippen molar-refractivity contribution >= 4 is 30.7 Å². The number of nitrogens with one attached hydrogen (secondary N) is 1. The van der Waals surface area contributed by atoms with Crippen LogP contribution in [0.1, 0.15) is 53.3 Å². The van der Waals surface area contributed by atoms with Crippen molar-refractivity contribution in [2.45, 2.75) is 50.7 Å². The van der Waals surface area contributed by atoms with Crippen molar-refractivity contribution in [1.82, 2.24) is 15.1 Å². The predicted octanol–water partition coefficient (Wildman–Crippen LogP) is 2.03. The molecule has 1 amide bonds. The highest BCUT2D eigenvalue weighted by Crippen LogP contribution is 2.38. The van der Waals surface area contributed by atoms with Gasteiger partial charge < -0.3 is 24.6 Å². The summed E-state index contributed by atoms with van der Waals surface area (Å²) in [6.45, 7) is 4.93.